The Bertz CT molecular complexity index is 431. The molecule has 0 amide bonds. The van der Waals surface area contributed by atoms with Gasteiger partial charge in [0.15, 0.2) is 5.96 Å². The molecule has 0 heterocycles. The lowest BCUT2D eigenvalue weighted by molar-refractivity contribution is 0.297. The predicted octanol–water partition coefficient (Wildman–Crippen LogP) is 0.161. The van der Waals surface area contributed by atoms with Crippen molar-refractivity contribution in [2.45, 2.75) is 50.6 Å². The maximum absolute atomic E-state index is 11.4. The third kappa shape index (κ3) is 5.36. The third-order valence-corrected chi connectivity index (χ3v) is 4.43. The molecule has 0 aromatic rings. The third-order valence-electron chi connectivity index (χ3n) is 3.70. The van der Waals surface area contributed by atoms with Gasteiger partial charge in [-0.3, -0.25) is 4.99 Å². The molecule has 0 aromatic heterocycles. The topological polar surface area (TPSA) is 96.6 Å². The number of nitrogens with one attached hydrogen (secondary N) is 2. The molecule has 2 saturated carbocycles. The van der Waals surface area contributed by atoms with Crippen molar-refractivity contribution in [1.82, 2.24) is 10.0 Å². The first kappa shape index (κ1) is 14.6. The van der Waals surface area contributed by atoms with Crippen LogP contribution in [0.4, 0.5) is 0 Å². The van der Waals surface area contributed by atoms with Crippen LogP contribution in [0.15, 0.2) is 4.99 Å². The van der Waals surface area contributed by atoms with E-state index >= 15 is 0 Å². The highest BCUT2D eigenvalue weighted by Crippen LogP contribution is 2.25. The van der Waals surface area contributed by atoms with Gasteiger partial charge in [0.05, 0.1) is 6.26 Å². The van der Waals surface area contributed by atoms with Crippen LogP contribution in [0.2, 0.25) is 0 Å². The highest BCUT2D eigenvalue weighted by atomic mass is 32.2. The Balaban J connectivity index is 1.87. The second-order valence-electron chi connectivity index (χ2n) is 5.69. The Morgan fingerprint density at radius 3 is 2.58 bits per heavy atom. The molecule has 2 aliphatic carbocycles. The number of sulfonamides is 1. The largest absolute Gasteiger partial charge is 0.370 e. The zero-order valence-corrected chi connectivity index (χ0v) is 12.2. The molecule has 4 N–H and O–H groups in total. The summed E-state index contributed by atoms with van der Waals surface area (Å²) in [6.45, 7) is 0.596. The van der Waals surface area contributed by atoms with Gasteiger partial charge in [0, 0.05) is 18.6 Å². The number of aliphatic imine (C=N–C) groups is 1. The first-order valence-electron chi connectivity index (χ1n) is 6.98. The molecule has 2 aliphatic rings. The molecule has 7 heteroatoms. The Hall–Kier alpha value is -0.820. The number of guanidine groups is 1. The Kier molecular flexibility index (Phi) is 4.67. The summed E-state index contributed by atoms with van der Waals surface area (Å²) in [5, 5.41) is 3.15. The lowest BCUT2D eigenvalue weighted by Gasteiger charge is -2.30. The van der Waals surface area contributed by atoms with Crippen molar-refractivity contribution in [2.75, 3.05) is 12.8 Å². The van der Waals surface area contributed by atoms with E-state index in [2.05, 4.69) is 15.0 Å². The summed E-state index contributed by atoms with van der Waals surface area (Å²) < 4.78 is 25.4. The fraction of sp³-hybridized carbons (Fsp3) is 0.917. The average Bonchev–Trinajstić information content (AvgIpc) is 3.10. The number of hydrogen-bond acceptors (Lipinski definition) is 3. The summed E-state index contributed by atoms with van der Waals surface area (Å²) in [5.74, 6) is 0.745. The van der Waals surface area contributed by atoms with Gasteiger partial charge >= 0.3 is 0 Å². The first-order chi connectivity index (χ1) is 8.94. The molecule has 2 fully saturated rings. The van der Waals surface area contributed by atoms with Gasteiger partial charge in [0.25, 0.3) is 0 Å². The first-order valence-corrected chi connectivity index (χ1v) is 8.87. The Labute approximate surface area is 115 Å². The van der Waals surface area contributed by atoms with Crippen LogP contribution in [0.5, 0.6) is 0 Å². The second-order valence-corrected chi connectivity index (χ2v) is 7.47. The fourth-order valence-corrected chi connectivity index (χ4v) is 3.41. The maximum Gasteiger partial charge on any atom is 0.208 e. The predicted molar refractivity (Wildman–Crippen MR) is 76.4 cm³/mol. The van der Waals surface area contributed by atoms with E-state index in [1.807, 2.05) is 0 Å². The van der Waals surface area contributed by atoms with Crippen molar-refractivity contribution < 1.29 is 8.42 Å². The van der Waals surface area contributed by atoms with Crippen molar-refractivity contribution in [3.63, 3.8) is 0 Å². The van der Waals surface area contributed by atoms with E-state index < -0.39 is 10.0 Å². The van der Waals surface area contributed by atoms with Crippen LogP contribution in [0, 0.1) is 5.92 Å². The van der Waals surface area contributed by atoms with Crippen LogP contribution < -0.4 is 15.8 Å². The molecule has 0 saturated heterocycles. The smallest absolute Gasteiger partial charge is 0.208 e. The number of nitrogens with two attached hydrogens (primary N) is 1. The molecular formula is C12H24N4O2S. The van der Waals surface area contributed by atoms with E-state index in [-0.39, 0.29) is 12.0 Å². The highest BCUT2D eigenvalue weighted by molar-refractivity contribution is 7.88. The molecule has 19 heavy (non-hydrogen) atoms. The van der Waals surface area contributed by atoms with Crippen LogP contribution in [0.3, 0.4) is 0 Å². The summed E-state index contributed by atoms with van der Waals surface area (Å²) >= 11 is 0. The minimum absolute atomic E-state index is 0.00113. The van der Waals surface area contributed by atoms with Crippen molar-refractivity contribution in [2.24, 2.45) is 16.6 Å². The molecule has 0 bridgehead atoms. The van der Waals surface area contributed by atoms with Crippen molar-refractivity contribution in [3.8, 4) is 0 Å². The zero-order chi connectivity index (χ0) is 13.9. The van der Waals surface area contributed by atoms with Gasteiger partial charge in [-0.15, -0.1) is 0 Å². The van der Waals surface area contributed by atoms with Gasteiger partial charge in [-0.25, -0.2) is 13.1 Å². The molecule has 0 radical (unpaired) electrons. The quantitative estimate of drug-likeness (QED) is 0.496. The molecule has 2 atom stereocenters. The van der Waals surface area contributed by atoms with Crippen molar-refractivity contribution >= 4 is 16.0 Å². The second kappa shape index (κ2) is 6.09. The molecular weight excluding hydrogens is 264 g/mol. The minimum atomic E-state index is -3.15. The van der Waals surface area contributed by atoms with E-state index in [4.69, 9.17) is 5.73 Å². The molecule has 0 spiro atoms. The van der Waals surface area contributed by atoms with Gasteiger partial charge in [-0.05, 0) is 31.6 Å². The standard InChI is InChI=1S/C12H24N4O2S/c1-19(17,18)16-11-5-3-2-4-9(11)8-14-12(13)15-10-6-7-10/h9-11,16H,2-8H2,1H3,(H3,13,14,15). The summed E-state index contributed by atoms with van der Waals surface area (Å²) in [6, 6.07) is 0.501. The van der Waals surface area contributed by atoms with Crippen LogP contribution >= 0.6 is 0 Å². The van der Waals surface area contributed by atoms with Gasteiger partial charge < -0.3 is 11.1 Å². The lowest BCUT2D eigenvalue weighted by atomic mass is 9.85. The summed E-state index contributed by atoms with van der Waals surface area (Å²) in [7, 11) is -3.15. The van der Waals surface area contributed by atoms with E-state index in [1.165, 1.54) is 6.26 Å². The number of nitrogens with zero attached hydrogens (tertiary/aromatic N) is 1. The van der Waals surface area contributed by atoms with Gasteiger partial charge in [0.2, 0.25) is 10.0 Å². The minimum Gasteiger partial charge on any atom is -0.370 e. The fourth-order valence-electron chi connectivity index (χ4n) is 2.55. The summed E-state index contributed by atoms with van der Waals surface area (Å²) in [6.07, 6.45) is 7.65. The van der Waals surface area contributed by atoms with Crippen molar-refractivity contribution in [3.05, 3.63) is 0 Å². The molecule has 0 aromatic carbocycles. The zero-order valence-electron chi connectivity index (χ0n) is 11.4. The van der Waals surface area contributed by atoms with Gasteiger partial charge in [-0.2, -0.15) is 0 Å². The number of hydrogen-bond donors (Lipinski definition) is 3. The average molecular weight is 288 g/mol. The monoisotopic (exact) mass is 288 g/mol. The normalized spacial score (nSPS) is 29.2. The summed E-state index contributed by atoms with van der Waals surface area (Å²) in [5.41, 5.74) is 5.80. The van der Waals surface area contributed by atoms with Crippen LogP contribution in [-0.2, 0) is 10.0 Å². The van der Waals surface area contributed by atoms with Crippen LogP contribution in [-0.4, -0.2) is 39.3 Å². The molecule has 2 rings (SSSR count). The Morgan fingerprint density at radius 1 is 1.26 bits per heavy atom. The molecule has 2 unspecified atom stereocenters. The Morgan fingerprint density at radius 2 is 1.95 bits per heavy atom. The van der Waals surface area contributed by atoms with Crippen molar-refractivity contribution in [1.29, 1.82) is 0 Å². The van der Waals surface area contributed by atoms with E-state index in [1.54, 1.807) is 0 Å². The maximum atomic E-state index is 11.4. The van der Waals surface area contributed by atoms with Crippen LogP contribution in [0.25, 0.3) is 0 Å². The lowest BCUT2D eigenvalue weighted by Crippen LogP contribution is -2.43. The SMILES string of the molecule is CS(=O)(=O)NC1CCCCC1CN=C(N)NC1CC1. The molecule has 6 nitrogen and oxygen atoms in total. The van der Waals surface area contributed by atoms with E-state index in [9.17, 15) is 8.42 Å². The van der Waals surface area contributed by atoms with E-state index in [0.29, 0.717) is 18.5 Å². The highest BCUT2D eigenvalue weighted by Gasteiger charge is 2.27. The molecule has 110 valence electrons. The summed E-state index contributed by atoms with van der Waals surface area (Å²) in [4.78, 5) is 4.36. The van der Waals surface area contributed by atoms with Gasteiger partial charge in [0.1, 0.15) is 0 Å². The van der Waals surface area contributed by atoms with Gasteiger partial charge in [-0.1, -0.05) is 12.8 Å². The number of rotatable bonds is 5. The molecule has 0 aliphatic heterocycles. The van der Waals surface area contributed by atoms with E-state index in [0.717, 1.165) is 38.5 Å². The van der Waals surface area contributed by atoms with Crippen LogP contribution in [0.1, 0.15) is 38.5 Å².